The van der Waals surface area contributed by atoms with E-state index in [-0.39, 0.29) is 0 Å². The molecule has 0 saturated carbocycles. The molecule has 0 amide bonds. The lowest BCUT2D eigenvalue weighted by atomic mass is 9.80. The molecule has 24 heavy (non-hydrogen) atoms. The summed E-state index contributed by atoms with van der Waals surface area (Å²) >= 11 is 3.34. The average Bonchev–Trinajstić information content (AvgIpc) is 2.62. The maximum absolute atomic E-state index is 10.7. The van der Waals surface area contributed by atoms with Gasteiger partial charge in [0.1, 0.15) is 6.10 Å². The summed E-state index contributed by atoms with van der Waals surface area (Å²) in [5.74, 6) is 0. The van der Waals surface area contributed by atoms with E-state index >= 15 is 0 Å². The van der Waals surface area contributed by atoms with Crippen molar-refractivity contribution in [1.82, 2.24) is 0 Å². The van der Waals surface area contributed by atoms with E-state index in [1.165, 1.54) is 5.39 Å². The number of rotatable bonds is 0. The molecule has 3 nitrogen and oxygen atoms in total. The van der Waals surface area contributed by atoms with Crippen LogP contribution in [-0.4, -0.2) is 26.3 Å². The number of hydrogen-bond donors (Lipinski definition) is 3. The summed E-state index contributed by atoms with van der Waals surface area (Å²) in [6, 6.07) is 16.3. The molecule has 0 bridgehead atoms. The summed E-state index contributed by atoms with van der Waals surface area (Å²) in [7, 11) is 0. The van der Waals surface area contributed by atoms with Gasteiger partial charge in [0.25, 0.3) is 0 Å². The van der Waals surface area contributed by atoms with Gasteiger partial charge in [-0.25, -0.2) is 0 Å². The first-order valence-corrected chi connectivity index (χ1v) is 8.88. The van der Waals surface area contributed by atoms with E-state index in [1.54, 1.807) is 0 Å². The Labute approximate surface area is 146 Å². The van der Waals surface area contributed by atoms with Gasteiger partial charge in [0, 0.05) is 0 Å². The fourth-order valence-electron chi connectivity index (χ4n) is 4.13. The van der Waals surface area contributed by atoms with Gasteiger partial charge in [-0.05, 0) is 49.5 Å². The lowest BCUT2D eigenvalue weighted by Crippen LogP contribution is -2.38. The van der Waals surface area contributed by atoms with Crippen LogP contribution in [0.2, 0.25) is 0 Å². The molecule has 4 atom stereocenters. The highest BCUT2D eigenvalue weighted by Gasteiger charge is 2.40. The van der Waals surface area contributed by atoms with E-state index < -0.39 is 23.1 Å². The van der Waals surface area contributed by atoms with E-state index in [9.17, 15) is 15.3 Å². The summed E-state index contributed by atoms with van der Waals surface area (Å²) in [6.45, 7) is 0. The van der Waals surface area contributed by atoms with Crippen LogP contribution in [0.3, 0.4) is 0 Å². The van der Waals surface area contributed by atoms with E-state index in [2.05, 4.69) is 40.2 Å². The number of aliphatic hydroxyl groups is 3. The standard InChI is InChI=1S/C20H15BrO3/c21-17-19(23)16-12-7-6-10-3-1-2-9-4-5-11(15(12)14(9)10)8-13(16)18(22)20(17)24/h1-8,17-20,22-24H/t17-,18-,19+,20-/m1/s1. The van der Waals surface area contributed by atoms with E-state index in [1.807, 2.05) is 24.3 Å². The molecule has 0 fully saturated rings. The summed E-state index contributed by atoms with van der Waals surface area (Å²) in [6.07, 6.45) is -2.93. The normalized spacial score (nSPS) is 27.2. The summed E-state index contributed by atoms with van der Waals surface area (Å²) in [5.41, 5.74) is 1.32. The molecule has 0 spiro atoms. The molecule has 4 heteroatoms. The number of fused-ring (bicyclic) bond motifs is 2. The Bertz CT molecular complexity index is 1070. The molecule has 120 valence electrons. The van der Waals surface area contributed by atoms with Crippen LogP contribution in [0.15, 0.2) is 48.5 Å². The van der Waals surface area contributed by atoms with Crippen molar-refractivity contribution < 1.29 is 15.3 Å². The lowest BCUT2D eigenvalue weighted by Gasteiger charge is -2.35. The quantitative estimate of drug-likeness (QED) is 0.320. The zero-order valence-electron chi connectivity index (χ0n) is 12.6. The van der Waals surface area contributed by atoms with Crippen LogP contribution in [0.4, 0.5) is 0 Å². The zero-order chi connectivity index (χ0) is 16.6. The first-order valence-electron chi connectivity index (χ1n) is 7.96. The number of hydrogen-bond acceptors (Lipinski definition) is 3. The molecule has 3 N–H and O–H groups in total. The third-order valence-corrected chi connectivity index (χ3v) is 6.33. The van der Waals surface area contributed by atoms with Gasteiger partial charge >= 0.3 is 0 Å². The highest BCUT2D eigenvalue weighted by atomic mass is 79.9. The van der Waals surface area contributed by atoms with Gasteiger partial charge in [0.15, 0.2) is 0 Å². The largest absolute Gasteiger partial charge is 0.389 e. The lowest BCUT2D eigenvalue weighted by molar-refractivity contribution is -0.0204. The van der Waals surface area contributed by atoms with Crippen LogP contribution in [0, 0.1) is 0 Å². The Morgan fingerprint density at radius 2 is 1.42 bits per heavy atom. The predicted octanol–water partition coefficient (Wildman–Crippen LogP) is 3.79. The molecule has 1 aliphatic carbocycles. The second kappa shape index (κ2) is 4.90. The Morgan fingerprint density at radius 3 is 2.17 bits per heavy atom. The molecule has 5 rings (SSSR count). The van der Waals surface area contributed by atoms with Gasteiger partial charge < -0.3 is 15.3 Å². The first-order chi connectivity index (χ1) is 11.6. The van der Waals surface area contributed by atoms with Crippen molar-refractivity contribution in [2.75, 3.05) is 0 Å². The highest BCUT2D eigenvalue weighted by Crippen LogP contribution is 2.46. The van der Waals surface area contributed by atoms with Gasteiger partial charge in [-0.15, -0.1) is 0 Å². The molecule has 0 unspecified atom stereocenters. The van der Waals surface area contributed by atoms with Gasteiger partial charge in [-0.1, -0.05) is 58.4 Å². The van der Waals surface area contributed by atoms with Crippen molar-refractivity contribution in [3.8, 4) is 0 Å². The minimum Gasteiger partial charge on any atom is -0.389 e. The number of benzene rings is 4. The highest BCUT2D eigenvalue weighted by molar-refractivity contribution is 9.09. The van der Waals surface area contributed by atoms with Crippen molar-refractivity contribution in [3.05, 3.63) is 59.7 Å². The van der Waals surface area contributed by atoms with Gasteiger partial charge in [-0.3, -0.25) is 0 Å². The second-order valence-corrected chi connectivity index (χ2v) is 7.62. The molecule has 1 aliphatic rings. The number of alkyl halides is 1. The fraction of sp³-hybridized carbons (Fsp3) is 0.200. The van der Waals surface area contributed by atoms with E-state index in [4.69, 9.17) is 0 Å². The van der Waals surface area contributed by atoms with Crippen LogP contribution in [-0.2, 0) is 0 Å². The fourth-order valence-corrected chi connectivity index (χ4v) is 4.69. The number of aliphatic hydroxyl groups excluding tert-OH is 3. The summed E-state index contributed by atoms with van der Waals surface area (Å²) in [5, 5.41) is 38.0. The molecular formula is C20H15BrO3. The van der Waals surface area contributed by atoms with Crippen LogP contribution in [0.1, 0.15) is 23.3 Å². The Kier molecular flexibility index (Phi) is 2.98. The third-order valence-electron chi connectivity index (χ3n) is 5.29. The van der Waals surface area contributed by atoms with Crippen molar-refractivity contribution in [1.29, 1.82) is 0 Å². The van der Waals surface area contributed by atoms with Gasteiger partial charge in [-0.2, -0.15) is 0 Å². The summed E-state index contributed by atoms with van der Waals surface area (Å²) in [4.78, 5) is -0.599. The summed E-state index contributed by atoms with van der Waals surface area (Å²) < 4.78 is 0. The van der Waals surface area contributed by atoms with Crippen LogP contribution in [0.25, 0.3) is 32.3 Å². The molecule has 0 aliphatic heterocycles. The third kappa shape index (κ3) is 1.72. The molecule has 4 aromatic carbocycles. The van der Waals surface area contributed by atoms with Crippen molar-refractivity contribution >= 4 is 48.2 Å². The van der Waals surface area contributed by atoms with Crippen molar-refractivity contribution in [3.63, 3.8) is 0 Å². The second-order valence-electron chi connectivity index (χ2n) is 6.56. The molecular weight excluding hydrogens is 368 g/mol. The molecule has 0 saturated heterocycles. The molecule has 0 radical (unpaired) electrons. The molecule has 4 aromatic rings. The van der Waals surface area contributed by atoms with Crippen LogP contribution in [0.5, 0.6) is 0 Å². The Morgan fingerprint density at radius 1 is 0.750 bits per heavy atom. The average molecular weight is 383 g/mol. The molecule has 0 heterocycles. The smallest absolute Gasteiger partial charge is 0.106 e. The monoisotopic (exact) mass is 382 g/mol. The topological polar surface area (TPSA) is 60.7 Å². The van der Waals surface area contributed by atoms with Gasteiger partial charge in [0.2, 0.25) is 0 Å². The van der Waals surface area contributed by atoms with Crippen molar-refractivity contribution in [2.45, 2.75) is 23.1 Å². The predicted molar refractivity (Wildman–Crippen MR) is 98.8 cm³/mol. The van der Waals surface area contributed by atoms with Crippen molar-refractivity contribution in [2.24, 2.45) is 0 Å². The number of halogens is 1. The first kappa shape index (κ1) is 14.6. The SMILES string of the molecule is O[C@@H]1[C@H](Br)[C@@H](O)c2c(cc3ccc4cccc5ccc2c3c45)[C@H]1O. The minimum absolute atomic E-state index is 0.599. The maximum Gasteiger partial charge on any atom is 0.106 e. The molecule has 0 aromatic heterocycles. The minimum atomic E-state index is -1.04. The Hall–Kier alpha value is -1.72. The van der Waals surface area contributed by atoms with E-state index in [0.717, 1.165) is 26.9 Å². The van der Waals surface area contributed by atoms with Gasteiger partial charge in [0.05, 0.1) is 17.0 Å². The van der Waals surface area contributed by atoms with Crippen LogP contribution >= 0.6 is 15.9 Å². The zero-order valence-corrected chi connectivity index (χ0v) is 14.2. The van der Waals surface area contributed by atoms with E-state index in [0.29, 0.717) is 11.1 Å². The Balaban J connectivity index is 2.01. The maximum atomic E-state index is 10.7. The van der Waals surface area contributed by atoms with Crippen LogP contribution < -0.4 is 0 Å².